The minimum absolute atomic E-state index is 0.260. The van der Waals surface area contributed by atoms with Crippen LogP contribution in [0.4, 0.5) is 0 Å². The Hall–Kier alpha value is -6.50. The number of aliphatic imine (C=N–C) groups is 2. The van der Waals surface area contributed by atoms with Gasteiger partial charge in [0.2, 0.25) is 0 Å². The summed E-state index contributed by atoms with van der Waals surface area (Å²) in [6.07, 6.45) is -0.260. The fourth-order valence-electron chi connectivity index (χ4n) is 7.74. The lowest BCUT2D eigenvalue weighted by Gasteiger charge is -2.24. The first-order valence-corrected chi connectivity index (χ1v) is 17.9. The Morgan fingerprint density at radius 3 is 2.08 bits per heavy atom. The molecule has 7 aromatic carbocycles. The van der Waals surface area contributed by atoms with E-state index in [9.17, 15) is 0 Å². The molecule has 240 valence electrons. The van der Waals surface area contributed by atoms with Gasteiger partial charge in [-0.25, -0.2) is 9.98 Å². The molecule has 1 unspecified atom stereocenters. The summed E-state index contributed by atoms with van der Waals surface area (Å²) < 4.78 is 11.5. The highest BCUT2D eigenvalue weighted by atomic mass is 32.1. The zero-order chi connectivity index (χ0) is 33.5. The number of rotatable bonds is 4. The lowest BCUT2D eigenvalue weighted by atomic mass is 10.0. The fourth-order valence-corrected chi connectivity index (χ4v) is 8.95. The zero-order valence-electron chi connectivity index (χ0n) is 27.2. The third kappa shape index (κ3) is 4.33. The lowest BCUT2D eigenvalue weighted by molar-refractivity contribution is 0.672. The second-order valence-corrected chi connectivity index (χ2v) is 14.0. The Labute approximate surface area is 296 Å². The molecule has 51 heavy (non-hydrogen) atoms. The number of hydrogen-bond acceptors (Lipinski definition) is 5. The van der Waals surface area contributed by atoms with Crippen LogP contribution >= 0.6 is 11.3 Å². The molecule has 0 saturated carbocycles. The van der Waals surface area contributed by atoms with Gasteiger partial charge in [0, 0.05) is 64.6 Å². The molecular formula is C45H28N4OS. The van der Waals surface area contributed by atoms with E-state index >= 15 is 0 Å². The number of nitrogens with zero attached hydrogens (tertiary/aromatic N) is 3. The quantitative estimate of drug-likeness (QED) is 0.202. The van der Waals surface area contributed by atoms with Crippen LogP contribution in [-0.4, -0.2) is 16.2 Å². The molecule has 0 amide bonds. The zero-order valence-corrected chi connectivity index (χ0v) is 28.1. The van der Waals surface area contributed by atoms with Crippen molar-refractivity contribution in [1.29, 1.82) is 0 Å². The molecule has 0 radical (unpaired) electrons. The number of fused-ring (bicyclic) bond motifs is 10. The first-order valence-electron chi connectivity index (χ1n) is 17.1. The van der Waals surface area contributed by atoms with Crippen LogP contribution in [0.15, 0.2) is 172 Å². The topological polar surface area (TPSA) is 54.8 Å². The van der Waals surface area contributed by atoms with Crippen LogP contribution in [0, 0.1) is 0 Å². The number of benzene rings is 7. The van der Waals surface area contributed by atoms with Gasteiger partial charge < -0.3 is 14.3 Å². The van der Waals surface area contributed by atoms with Crippen molar-refractivity contribution < 1.29 is 4.42 Å². The predicted octanol–water partition coefficient (Wildman–Crippen LogP) is 11.5. The molecule has 1 N–H and O–H groups in total. The second kappa shape index (κ2) is 11.0. The summed E-state index contributed by atoms with van der Waals surface area (Å²) in [6.45, 7) is 0. The number of para-hydroxylation sites is 2. The molecule has 3 aromatic heterocycles. The highest BCUT2D eigenvalue weighted by molar-refractivity contribution is 7.26. The van der Waals surface area contributed by atoms with E-state index in [1.54, 1.807) is 11.3 Å². The number of hydrogen-bond donors (Lipinski definition) is 1. The van der Waals surface area contributed by atoms with E-state index in [0.29, 0.717) is 0 Å². The van der Waals surface area contributed by atoms with Crippen molar-refractivity contribution in [3.8, 4) is 5.69 Å². The number of thiophene rings is 1. The summed E-state index contributed by atoms with van der Waals surface area (Å²) in [4.78, 5) is 10.2. The minimum Gasteiger partial charge on any atom is -0.455 e. The van der Waals surface area contributed by atoms with Gasteiger partial charge in [-0.1, -0.05) is 109 Å². The Morgan fingerprint density at radius 1 is 0.608 bits per heavy atom. The molecule has 1 atom stereocenters. The van der Waals surface area contributed by atoms with Gasteiger partial charge in [0.25, 0.3) is 0 Å². The van der Waals surface area contributed by atoms with Gasteiger partial charge in [-0.05, 0) is 48.0 Å². The number of aromatic nitrogens is 1. The number of furan rings is 1. The van der Waals surface area contributed by atoms with E-state index < -0.39 is 0 Å². The second-order valence-electron chi connectivity index (χ2n) is 13.0. The molecule has 5 nitrogen and oxygen atoms in total. The first kappa shape index (κ1) is 28.3. The molecule has 1 aliphatic heterocycles. The van der Waals surface area contributed by atoms with Gasteiger partial charge in [0.05, 0.1) is 11.0 Å². The summed E-state index contributed by atoms with van der Waals surface area (Å²) in [5.74, 6) is 1.53. The Balaban J connectivity index is 1.09. The molecule has 0 fully saturated rings. The van der Waals surface area contributed by atoms with Crippen LogP contribution in [0.1, 0.15) is 22.9 Å². The molecule has 0 saturated heterocycles. The standard InChI is InChI=1S/C45H28N4OS/c1-3-12-27(13-4-1)43-46-44(28-14-5-2-6-15-28)48-45(47-43)35-19-11-18-34-40-39(51-42(34)35)25-24-33-32-23-22-29(26-38(32)50-41(33)40)49-36-20-9-7-16-30(36)31-17-8-10-21-37(31)49/h1-26,43H,(H,46,47,48). The van der Waals surface area contributed by atoms with Crippen molar-refractivity contribution in [3.05, 3.63) is 174 Å². The molecule has 6 heteroatoms. The van der Waals surface area contributed by atoms with Crippen LogP contribution in [0.5, 0.6) is 0 Å². The Bertz CT molecular complexity index is 3010. The average molecular weight is 673 g/mol. The van der Waals surface area contributed by atoms with Gasteiger partial charge in [0.15, 0.2) is 5.84 Å². The maximum Gasteiger partial charge on any atom is 0.159 e. The smallest absolute Gasteiger partial charge is 0.159 e. The van der Waals surface area contributed by atoms with Crippen molar-refractivity contribution in [2.45, 2.75) is 6.17 Å². The average Bonchev–Trinajstić information content (AvgIpc) is 3.87. The largest absolute Gasteiger partial charge is 0.455 e. The molecule has 0 aliphatic carbocycles. The van der Waals surface area contributed by atoms with Crippen LogP contribution in [0.3, 0.4) is 0 Å². The summed E-state index contributed by atoms with van der Waals surface area (Å²) in [7, 11) is 0. The Kier molecular flexibility index (Phi) is 6.12. The van der Waals surface area contributed by atoms with Gasteiger partial charge >= 0.3 is 0 Å². The third-order valence-electron chi connectivity index (χ3n) is 10.1. The summed E-state index contributed by atoms with van der Waals surface area (Å²) in [6, 6.07) is 55.3. The minimum atomic E-state index is -0.260. The third-order valence-corrected chi connectivity index (χ3v) is 11.3. The van der Waals surface area contributed by atoms with Gasteiger partial charge in [-0.2, -0.15) is 0 Å². The van der Waals surface area contributed by atoms with Crippen molar-refractivity contribution in [3.63, 3.8) is 0 Å². The molecule has 0 spiro atoms. The summed E-state index contributed by atoms with van der Waals surface area (Å²) >= 11 is 1.78. The van der Waals surface area contributed by atoms with Gasteiger partial charge in [0.1, 0.15) is 23.2 Å². The van der Waals surface area contributed by atoms with E-state index in [2.05, 4.69) is 143 Å². The monoisotopic (exact) mass is 672 g/mol. The highest BCUT2D eigenvalue weighted by Gasteiger charge is 2.24. The SMILES string of the molecule is c1ccc(C2=NC(c3ccccc3)NC(c3cccc4c3sc3ccc5c6ccc(-n7c8ccccc8c8ccccc87)cc6oc5c34)=N2)cc1. The molecule has 10 aromatic rings. The van der Waals surface area contributed by atoms with Crippen molar-refractivity contribution in [1.82, 2.24) is 9.88 Å². The summed E-state index contributed by atoms with van der Waals surface area (Å²) in [5, 5.41) is 10.7. The number of amidine groups is 2. The maximum absolute atomic E-state index is 6.86. The molecule has 4 heterocycles. The highest BCUT2D eigenvalue weighted by Crippen LogP contribution is 2.44. The molecule has 11 rings (SSSR count). The molecule has 0 bridgehead atoms. The normalized spacial score (nSPS) is 14.9. The molecule has 1 aliphatic rings. The fraction of sp³-hybridized carbons (Fsp3) is 0.0222. The van der Waals surface area contributed by atoms with E-state index in [1.807, 2.05) is 24.3 Å². The Morgan fingerprint density at radius 2 is 1.29 bits per heavy atom. The maximum atomic E-state index is 6.86. The predicted molar refractivity (Wildman–Crippen MR) is 213 cm³/mol. The van der Waals surface area contributed by atoms with Crippen molar-refractivity contribution in [2.75, 3.05) is 0 Å². The van der Waals surface area contributed by atoms with E-state index in [4.69, 9.17) is 14.4 Å². The van der Waals surface area contributed by atoms with Crippen LogP contribution in [-0.2, 0) is 0 Å². The summed E-state index contributed by atoms with van der Waals surface area (Å²) in [5.41, 5.74) is 8.37. The van der Waals surface area contributed by atoms with Crippen LogP contribution < -0.4 is 5.32 Å². The van der Waals surface area contributed by atoms with E-state index in [1.165, 1.54) is 31.2 Å². The van der Waals surface area contributed by atoms with E-state index in [-0.39, 0.29) is 6.17 Å². The van der Waals surface area contributed by atoms with Gasteiger partial charge in [-0.3, -0.25) is 0 Å². The van der Waals surface area contributed by atoms with E-state index in [0.717, 1.165) is 66.8 Å². The van der Waals surface area contributed by atoms with Crippen molar-refractivity contribution in [2.24, 2.45) is 9.98 Å². The number of nitrogens with one attached hydrogen (secondary N) is 1. The van der Waals surface area contributed by atoms with Crippen LogP contribution in [0.25, 0.3) is 69.6 Å². The van der Waals surface area contributed by atoms with Crippen molar-refractivity contribution >= 4 is 86.9 Å². The molecular weight excluding hydrogens is 645 g/mol. The van der Waals surface area contributed by atoms with Gasteiger partial charge in [-0.15, -0.1) is 11.3 Å². The lowest BCUT2D eigenvalue weighted by Crippen LogP contribution is -2.33. The first-order chi connectivity index (χ1) is 25.3. The van der Waals surface area contributed by atoms with Crippen LogP contribution in [0.2, 0.25) is 0 Å².